The number of sulfonamides is 1. The number of rotatable bonds is 10. The minimum absolute atomic E-state index is 0.0232. The fraction of sp³-hybridized carbons (Fsp3) is 0.571. The quantitative estimate of drug-likeness (QED) is 0.542. The number of benzene rings is 1. The minimum atomic E-state index is -3.50. The van der Waals surface area contributed by atoms with Crippen LogP contribution in [0.5, 0.6) is 0 Å². The van der Waals surface area contributed by atoms with Gasteiger partial charge >= 0.3 is 0 Å². The highest BCUT2D eigenvalue weighted by atomic mass is 32.2. The van der Waals surface area contributed by atoms with Crippen molar-refractivity contribution in [3.05, 3.63) is 24.3 Å². The van der Waals surface area contributed by atoms with Crippen LogP contribution in [0.1, 0.15) is 46.5 Å². The van der Waals surface area contributed by atoms with Crippen molar-refractivity contribution in [2.75, 3.05) is 18.8 Å². The van der Waals surface area contributed by atoms with E-state index in [1.54, 1.807) is 24.3 Å². The molecule has 0 aliphatic heterocycles. The van der Waals surface area contributed by atoms with Crippen molar-refractivity contribution in [3.8, 4) is 11.4 Å². The summed E-state index contributed by atoms with van der Waals surface area (Å²) in [6.45, 7) is 7.15. The molecule has 1 aliphatic carbocycles. The van der Waals surface area contributed by atoms with E-state index in [0.29, 0.717) is 42.4 Å². The Labute approximate surface area is 188 Å². The zero-order valence-corrected chi connectivity index (χ0v) is 20.0. The predicted molar refractivity (Wildman–Crippen MR) is 122 cm³/mol. The molecule has 0 spiro atoms. The summed E-state index contributed by atoms with van der Waals surface area (Å²) >= 11 is 1.37. The number of carbonyl (C=O) groups excluding carboxylic acids is 1. The Balaban J connectivity index is 1.72. The lowest BCUT2D eigenvalue weighted by molar-refractivity contribution is -0.119. The molecule has 1 aromatic heterocycles. The summed E-state index contributed by atoms with van der Waals surface area (Å²) in [7, 11) is -3.50. The van der Waals surface area contributed by atoms with Crippen LogP contribution in [0, 0.1) is 0 Å². The van der Waals surface area contributed by atoms with E-state index in [-0.39, 0.29) is 10.8 Å². The molecule has 1 aliphatic rings. The van der Waals surface area contributed by atoms with Gasteiger partial charge in [-0.3, -0.25) is 4.79 Å². The van der Waals surface area contributed by atoms with Gasteiger partial charge in [-0.2, -0.15) is 4.31 Å². The number of aromatic nitrogens is 3. The Bertz CT molecular complexity index is 979. The number of nitrogens with zero attached hydrogens (tertiary/aromatic N) is 4. The molecule has 1 amide bonds. The molecule has 1 fully saturated rings. The van der Waals surface area contributed by atoms with Crippen LogP contribution in [-0.2, 0) is 21.4 Å². The Morgan fingerprint density at radius 1 is 1.13 bits per heavy atom. The van der Waals surface area contributed by atoms with E-state index in [4.69, 9.17) is 0 Å². The molecule has 0 bridgehead atoms. The van der Waals surface area contributed by atoms with Crippen molar-refractivity contribution in [1.29, 1.82) is 0 Å². The maximum Gasteiger partial charge on any atom is 0.243 e. The zero-order chi connectivity index (χ0) is 22.4. The number of amides is 1. The number of carbonyl (C=O) groups is 1. The van der Waals surface area contributed by atoms with Crippen LogP contribution < -0.4 is 5.32 Å². The molecular formula is C21H31N5O3S2. The van der Waals surface area contributed by atoms with Crippen LogP contribution >= 0.6 is 11.8 Å². The van der Waals surface area contributed by atoms with Crippen LogP contribution in [0.3, 0.4) is 0 Å². The summed E-state index contributed by atoms with van der Waals surface area (Å²) < 4.78 is 28.8. The van der Waals surface area contributed by atoms with Gasteiger partial charge in [0.25, 0.3) is 0 Å². The highest BCUT2D eigenvalue weighted by molar-refractivity contribution is 7.99. The Kier molecular flexibility index (Phi) is 8.12. The molecule has 170 valence electrons. The van der Waals surface area contributed by atoms with Gasteiger partial charge in [-0.05, 0) is 44.0 Å². The first-order valence-electron chi connectivity index (χ1n) is 10.9. The molecule has 0 unspecified atom stereocenters. The van der Waals surface area contributed by atoms with Gasteiger partial charge < -0.3 is 9.88 Å². The maximum absolute atomic E-state index is 12.7. The third-order valence-corrected chi connectivity index (χ3v) is 8.57. The SMILES string of the molecule is CCN(CC)S(=O)(=O)c1ccc(-c2nnc(SCC(=O)NC3CCCC3)n2CC)cc1. The number of hydrogen-bond donors (Lipinski definition) is 1. The van der Waals surface area contributed by atoms with Gasteiger partial charge in [0.15, 0.2) is 11.0 Å². The molecular weight excluding hydrogens is 434 g/mol. The average Bonchev–Trinajstić information content (AvgIpc) is 3.42. The second-order valence-corrected chi connectivity index (χ2v) is 10.4. The number of thioether (sulfide) groups is 1. The van der Waals surface area contributed by atoms with E-state index >= 15 is 0 Å². The normalized spacial score (nSPS) is 15.0. The summed E-state index contributed by atoms with van der Waals surface area (Å²) in [6, 6.07) is 7.04. The molecule has 0 radical (unpaired) electrons. The fourth-order valence-corrected chi connectivity index (χ4v) is 6.12. The zero-order valence-electron chi connectivity index (χ0n) is 18.4. The Morgan fingerprint density at radius 2 is 1.77 bits per heavy atom. The van der Waals surface area contributed by atoms with E-state index in [1.165, 1.54) is 28.9 Å². The van der Waals surface area contributed by atoms with E-state index in [9.17, 15) is 13.2 Å². The van der Waals surface area contributed by atoms with Gasteiger partial charge in [-0.1, -0.05) is 38.5 Å². The second-order valence-electron chi connectivity index (χ2n) is 7.50. The number of hydrogen-bond acceptors (Lipinski definition) is 6. The summed E-state index contributed by atoms with van der Waals surface area (Å²) in [5.74, 6) is 0.985. The predicted octanol–water partition coefficient (Wildman–Crippen LogP) is 3.15. The molecule has 0 atom stereocenters. The topological polar surface area (TPSA) is 97.2 Å². The molecule has 1 N–H and O–H groups in total. The lowest BCUT2D eigenvalue weighted by Gasteiger charge is -2.18. The first kappa shape index (κ1) is 23.7. The fourth-order valence-electron chi connectivity index (χ4n) is 3.85. The van der Waals surface area contributed by atoms with E-state index in [2.05, 4.69) is 15.5 Å². The van der Waals surface area contributed by atoms with E-state index in [1.807, 2.05) is 25.3 Å². The van der Waals surface area contributed by atoms with E-state index in [0.717, 1.165) is 18.4 Å². The van der Waals surface area contributed by atoms with Gasteiger partial charge in [-0.15, -0.1) is 10.2 Å². The number of nitrogens with one attached hydrogen (secondary N) is 1. The second kappa shape index (κ2) is 10.6. The van der Waals surface area contributed by atoms with Crippen molar-refractivity contribution in [3.63, 3.8) is 0 Å². The minimum Gasteiger partial charge on any atom is -0.353 e. The molecule has 1 aromatic carbocycles. The lowest BCUT2D eigenvalue weighted by Crippen LogP contribution is -2.33. The first-order chi connectivity index (χ1) is 14.9. The van der Waals surface area contributed by atoms with Crippen LogP contribution in [-0.4, -0.2) is 58.3 Å². The summed E-state index contributed by atoms with van der Waals surface area (Å²) in [5.41, 5.74) is 0.787. The highest BCUT2D eigenvalue weighted by Gasteiger charge is 2.22. The molecule has 0 saturated heterocycles. The third kappa shape index (κ3) is 5.48. The monoisotopic (exact) mass is 465 g/mol. The van der Waals surface area contributed by atoms with Crippen molar-refractivity contribution in [2.24, 2.45) is 0 Å². The smallest absolute Gasteiger partial charge is 0.243 e. The van der Waals surface area contributed by atoms with E-state index < -0.39 is 10.0 Å². The van der Waals surface area contributed by atoms with Crippen LogP contribution in [0.15, 0.2) is 34.3 Å². The Morgan fingerprint density at radius 3 is 2.35 bits per heavy atom. The van der Waals surface area contributed by atoms with Gasteiger partial charge in [0.2, 0.25) is 15.9 Å². The summed E-state index contributed by atoms with van der Waals surface area (Å²) in [5, 5.41) is 12.3. The lowest BCUT2D eigenvalue weighted by atomic mass is 10.2. The highest BCUT2D eigenvalue weighted by Crippen LogP contribution is 2.26. The standard InChI is InChI=1S/C21H31N5O3S2/c1-4-25(5-2)31(28,29)18-13-11-16(12-14-18)20-23-24-21(26(20)6-3)30-15-19(27)22-17-9-7-8-10-17/h11-14,17H,4-10,15H2,1-3H3,(H,22,27). The summed E-state index contributed by atoms with van der Waals surface area (Å²) in [4.78, 5) is 12.5. The molecule has 31 heavy (non-hydrogen) atoms. The largest absolute Gasteiger partial charge is 0.353 e. The molecule has 1 saturated carbocycles. The van der Waals surface area contributed by atoms with Gasteiger partial charge in [0, 0.05) is 31.2 Å². The van der Waals surface area contributed by atoms with Gasteiger partial charge in [0.1, 0.15) is 0 Å². The maximum atomic E-state index is 12.7. The average molecular weight is 466 g/mol. The van der Waals surface area contributed by atoms with Crippen LogP contribution in [0.25, 0.3) is 11.4 Å². The van der Waals surface area contributed by atoms with Crippen LogP contribution in [0.2, 0.25) is 0 Å². The summed E-state index contributed by atoms with van der Waals surface area (Å²) in [6.07, 6.45) is 4.48. The van der Waals surface area contributed by atoms with Crippen LogP contribution in [0.4, 0.5) is 0 Å². The third-order valence-electron chi connectivity index (χ3n) is 5.54. The molecule has 2 aromatic rings. The van der Waals surface area contributed by atoms with Crippen molar-refractivity contribution < 1.29 is 13.2 Å². The molecule has 1 heterocycles. The van der Waals surface area contributed by atoms with Gasteiger partial charge in [0.05, 0.1) is 10.6 Å². The first-order valence-corrected chi connectivity index (χ1v) is 13.3. The van der Waals surface area contributed by atoms with Crippen molar-refractivity contribution >= 4 is 27.7 Å². The van der Waals surface area contributed by atoms with Crippen molar-refractivity contribution in [1.82, 2.24) is 24.4 Å². The molecule has 10 heteroatoms. The molecule has 3 rings (SSSR count). The van der Waals surface area contributed by atoms with Gasteiger partial charge in [-0.25, -0.2) is 8.42 Å². The Hall–Kier alpha value is -1.91. The van der Waals surface area contributed by atoms with Crippen molar-refractivity contribution in [2.45, 2.75) is 69.1 Å². The molecule has 8 nitrogen and oxygen atoms in total.